The monoisotopic (exact) mass is 514 g/mol. The topological polar surface area (TPSA) is 73.4 Å². The number of carbonyl (C=O) groups is 3. The van der Waals surface area contributed by atoms with Gasteiger partial charge in [-0.3, -0.25) is 19.3 Å². The highest BCUT2D eigenvalue weighted by molar-refractivity contribution is 5.92. The van der Waals surface area contributed by atoms with Crippen LogP contribution in [0.2, 0.25) is 0 Å². The molecular formula is C28H39FN4O4. The molecule has 0 radical (unpaired) electrons. The number of benzene rings is 1. The molecule has 0 unspecified atom stereocenters. The molecule has 0 bridgehead atoms. The fourth-order valence-electron chi connectivity index (χ4n) is 6.55. The molecule has 1 aromatic rings. The highest BCUT2D eigenvalue weighted by Gasteiger charge is 2.54. The summed E-state index contributed by atoms with van der Waals surface area (Å²) in [6.07, 6.45) is 5.11. The molecule has 1 aliphatic carbocycles. The van der Waals surface area contributed by atoms with Crippen LogP contribution in [0.5, 0.6) is 0 Å². The number of cyclic esters (lactones) is 1. The molecule has 0 N–H and O–H groups in total. The van der Waals surface area contributed by atoms with Crippen molar-refractivity contribution in [2.75, 3.05) is 57.8 Å². The van der Waals surface area contributed by atoms with E-state index in [4.69, 9.17) is 4.74 Å². The molecule has 0 aromatic heterocycles. The van der Waals surface area contributed by atoms with E-state index in [1.807, 2.05) is 17.0 Å². The summed E-state index contributed by atoms with van der Waals surface area (Å²) in [6, 6.07) is 6.66. The first-order valence-electron chi connectivity index (χ1n) is 13.7. The van der Waals surface area contributed by atoms with Gasteiger partial charge in [0.05, 0.1) is 5.41 Å². The van der Waals surface area contributed by atoms with Crippen molar-refractivity contribution in [2.45, 2.75) is 63.5 Å². The number of esters is 1. The number of amides is 2. The first kappa shape index (κ1) is 25.9. The number of rotatable bonds is 6. The van der Waals surface area contributed by atoms with E-state index < -0.39 is 11.0 Å². The number of nitrogens with zero attached hydrogens (tertiary/aromatic N) is 4. The molecule has 4 fully saturated rings. The fraction of sp³-hybridized carbons (Fsp3) is 0.679. The van der Waals surface area contributed by atoms with Crippen LogP contribution in [0.3, 0.4) is 0 Å². The molecule has 3 aliphatic heterocycles. The van der Waals surface area contributed by atoms with Crippen molar-refractivity contribution in [3.63, 3.8) is 0 Å². The van der Waals surface area contributed by atoms with Gasteiger partial charge >= 0.3 is 5.97 Å². The van der Waals surface area contributed by atoms with Crippen molar-refractivity contribution in [3.8, 4) is 0 Å². The Morgan fingerprint density at radius 2 is 1.68 bits per heavy atom. The van der Waals surface area contributed by atoms with Gasteiger partial charge in [0.1, 0.15) is 17.5 Å². The Morgan fingerprint density at radius 1 is 1.03 bits per heavy atom. The summed E-state index contributed by atoms with van der Waals surface area (Å²) < 4.78 is 19.1. The zero-order valence-corrected chi connectivity index (χ0v) is 22.1. The van der Waals surface area contributed by atoms with E-state index in [-0.39, 0.29) is 29.7 Å². The van der Waals surface area contributed by atoms with Crippen LogP contribution in [0.15, 0.2) is 24.3 Å². The van der Waals surface area contributed by atoms with Crippen LogP contribution in [-0.4, -0.2) is 97.0 Å². The van der Waals surface area contributed by atoms with E-state index in [1.165, 1.54) is 19.1 Å². The van der Waals surface area contributed by atoms with E-state index in [1.54, 1.807) is 11.9 Å². The van der Waals surface area contributed by atoms with Gasteiger partial charge in [-0.25, -0.2) is 4.39 Å². The Kier molecular flexibility index (Phi) is 7.18. The molecule has 4 aliphatic rings. The number of anilines is 1. The number of hydrogen-bond donors (Lipinski definition) is 0. The second-order valence-corrected chi connectivity index (χ2v) is 11.4. The molecular weight excluding hydrogens is 475 g/mol. The van der Waals surface area contributed by atoms with Crippen LogP contribution in [0.4, 0.5) is 10.1 Å². The van der Waals surface area contributed by atoms with Crippen molar-refractivity contribution in [3.05, 3.63) is 30.1 Å². The third kappa shape index (κ3) is 4.94. The molecule has 1 atom stereocenters. The Bertz CT molecular complexity index is 1010. The second-order valence-electron chi connectivity index (χ2n) is 11.4. The van der Waals surface area contributed by atoms with Gasteiger partial charge < -0.3 is 19.4 Å². The number of likely N-dealkylation sites (N-methyl/N-ethyl adjacent to an activating group) is 1. The predicted octanol–water partition coefficient (Wildman–Crippen LogP) is 2.66. The quantitative estimate of drug-likeness (QED) is 0.544. The maximum atomic E-state index is 13.4. The summed E-state index contributed by atoms with van der Waals surface area (Å²) in [7, 11) is 1.73. The van der Waals surface area contributed by atoms with E-state index >= 15 is 0 Å². The molecule has 3 saturated heterocycles. The lowest BCUT2D eigenvalue weighted by molar-refractivity contribution is -0.162. The van der Waals surface area contributed by atoms with Gasteiger partial charge in [-0.05, 0) is 62.8 Å². The number of hydrogen-bond acceptors (Lipinski definition) is 6. The Labute approximate surface area is 218 Å². The number of carbonyl (C=O) groups excluding carboxylic acids is 3. The minimum Gasteiger partial charge on any atom is -0.462 e. The van der Waals surface area contributed by atoms with E-state index in [0.29, 0.717) is 38.8 Å². The maximum absolute atomic E-state index is 13.4. The third-order valence-electron chi connectivity index (χ3n) is 9.36. The molecule has 202 valence electrons. The lowest BCUT2D eigenvalue weighted by atomic mass is 9.72. The lowest BCUT2D eigenvalue weighted by Crippen LogP contribution is -2.64. The average Bonchev–Trinajstić information content (AvgIpc) is 3.17. The highest BCUT2D eigenvalue weighted by Crippen LogP contribution is 2.46. The number of piperazine rings is 1. The number of ether oxygens (including phenoxy) is 1. The van der Waals surface area contributed by atoms with Gasteiger partial charge in [-0.15, -0.1) is 0 Å². The van der Waals surface area contributed by atoms with Crippen molar-refractivity contribution in [2.24, 2.45) is 5.41 Å². The van der Waals surface area contributed by atoms with Crippen molar-refractivity contribution in [1.29, 1.82) is 0 Å². The van der Waals surface area contributed by atoms with Gasteiger partial charge in [0.2, 0.25) is 11.8 Å². The van der Waals surface area contributed by atoms with Gasteiger partial charge in [0.15, 0.2) is 0 Å². The smallest absolute Gasteiger partial charge is 0.312 e. The van der Waals surface area contributed by atoms with Crippen molar-refractivity contribution < 1.29 is 23.5 Å². The van der Waals surface area contributed by atoms with Crippen LogP contribution < -0.4 is 4.90 Å². The molecule has 1 aromatic carbocycles. The summed E-state index contributed by atoms with van der Waals surface area (Å²) in [4.78, 5) is 46.5. The van der Waals surface area contributed by atoms with E-state index in [0.717, 1.165) is 57.7 Å². The second kappa shape index (κ2) is 10.2. The SMILES string of the molecule is CC(=O)N(C)C1(C(=O)N2CCC3(CC2)C[C@H](CCN2CCN(c4ccc(F)cc4)CC2)OC3=O)CCC1. The Morgan fingerprint density at radius 3 is 2.24 bits per heavy atom. The molecule has 2 amide bonds. The number of halogens is 1. The molecule has 37 heavy (non-hydrogen) atoms. The molecule has 9 heteroatoms. The van der Waals surface area contributed by atoms with Crippen LogP contribution in [-0.2, 0) is 19.1 Å². The van der Waals surface area contributed by atoms with Gasteiger partial charge in [-0.2, -0.15) is 0 Å². The zero-order chi connectivity index (χ0) is 26.2. The van der Waals surface area contributed by atoms with Gasteiger partial charge in [0.25, 0.3) is 0 Å². The van der Waals surface area contributed by atoms with Crippen molar-refractivity contribution >= 4 is 23.5 Å². The van der Waals surface area contributed by atoms with E-state index in [2.05, 4.69) is 9.80 Å². The van der Waals surface area contributed by atoms with Crippen LogP contribution >= 0.6 is 0 Å². The molecule has 8 nitrogen and oxygen atoms in total. The standard InChI is InChI=1S/C28H39FN4O4/c1-21(34)30(2)28(9-3-10-28)25(35)33-14-11-27(12-15-33)20-24(37-26(27)36)8-13-31-16-18-32(19-17-31)23-6-4-22(29)5-7-23/h4-7,24H,3,8-20H2,1-2H3/t24-/m0/s1. The third-order valence-corrected chi connectivity index (χ3v) is 9.36. The number of likely N-dealkylation sites (tertiary alicyclic amines) is 1. The predicted molar refractivity (Wildman–Crippen MR) is 137 cm³/mol. The van der Waals surface area contributed by atoms with E-state index in [9.17, 15) is 18.8 Å². The summed E-state index contributed by atoms with van der Waals surface area (Å²) in [5.74, 6) is -0.369. The first-order valence-corrected chi connectivity index (χ1v) is 13.7. The number of piperidine rings is 1. The average molecular weight is 515 g/mol. The summed E-state index contributed by atoms with van der Waals surface area (Å²) in [5, 5.41) is 0. The largest absolute Gasteiger partial charge is 0.462 e. The van der Waals surface area contributed by atoms with Crippen molar-refractivity contribution in [1.82, 2.24) is 14.7 Å². The first-order chi connectivity index (χ1) is 17.7. The molecule has 5 rings (SSSR count). The molecule has 1 saturated carbocycles. The maximum Gasteiger partial charge on any atom is 0.312 e. The molecule has 3 heterocycles. The lowest BCUT2D eigenvalue weighted by Gasteiger charge is -2.50. The van der Waals surface area contributed by atoms with Crippen LogP contribution in [0.25, 0.3) is 0 Å². The van der Waals surface area contributed by atoms with Gasteiger partial charge in [0, 0.05) is 71.9 Å². The fourth-order valence-corrected chi connectivity index (χ4v) is 6.55. The van der Waals surface area contributed by atoms with Gasteiger partial charge in [-0.1, -0.05) is 0 Å². The van der Waals surface area contributed by atoms with Crippen LogP contribution in [0, 0.1) is 11.2 Å². The zero-order valence-electron chi connectivity index (χ0n) is 22.1. The Balaban J connectivity index is 1.09. The summed E-state index contributed by atoms with van der Waals surface area (Å²) in [5.41, 5.74) is -0.133. The normalized spacial score (nSPS) is 25.1. The van der Waals surface area contributed by atoms with Crippen LogP contribution in [0.1, 0.15) is 51.9 Å². The summed E-state index contributed by atoms with van der Waals surface area (Å²) in [6.45, 7) is 7.12. The molecule has 1 spiro atoms. The minimum absolute atomic E-state index is 0.0361. The Hall–Kier alpha value is -2.68. The summed E-state index contributed by atoms with van der Waals surface area (Å²) >= 11 is 0. The minimum atomic E-state index is -0.699. The highest BCUT2D eigenvalue weighted by atomic mass is 19.1.